The molecule has 0 spiro atoms. The van der Waals surface area contributed by atoms with E-state index in [1.165, 1.54) is 81.7 Å². The van der Waals surface area contributed by atoms with E-state index in [1.807, 2.05) is 0 Å². The van der Waals surface area contributed by atoms with Gasteiger partial charge in [-0.15, -0.1) is 0 Å². The zero-order valence-corrected chi connectivity index (χ0v) is 36.8. The van der Waals surface area contributed by atoms with Crippen molar-refractivity contribution in [2.24, 2.45) is 0 Å². The maximum Gasteiger partial charge on any atom is 0.278 e. The molecule has 0 atom stereocenters. The normalized spacial score (nSPS) is 12.4. The van der Waals surface area contributed by atoms with E-state index < -0.39 is 33.3 Å². The van der Waals surface area contributed by atoms with Gasteiger partial charge in [0, 0.05) is 0 Å². The highest BCUT2D eigenvalue weighted by atomic mass is 28.4. The van der Waals surface area contributed by atoms with Crippen molar-refractivity contribution >= 4 is 64.4 Å². The van der Waals surface area contributed by atoms with Crippen molar-refractivity contribution in [2.75, 3.05) is 0 Å². The van der Waals surface area contributed by atoms with E-state index in [0.29, 0.717) is 0 Å². The van der Waals surface area contributed by atoms with E-state index in [-0.39, 0.29) is 0 Å². The van der Waals surface area contributed by atoms with Crippen molar-refractivity contribution in [1.82, 2.24) is 0 Å². The molecule has 0 amide bonds. The molecule has 0 aliphatic carbocycles. The molecule has 54 heavy (non-hydrogen) atoms. The summed E-state index contributed by atoms with van der Waals surface area (Å²) in [6.07, 6.45) is 7.54. The SMILES string of the molecule is C[Si](C)(CCCCCCCC[Si](C)(C)O[Si](c1ccccc1)(c1ccccc1)c1ccccc1)O[Si](c1ccccc1)(c1ccccc1)c1ccccc1. The van der Waals surface area contributed by atoms with Gasteiger partial charge in [0.15, 0.2) is 16.6 Å². The van der Waals surface area contributed by atoms with E-state index in [9.17, 15) is 0 Å². The quantitative estimate of drug-likeness (QED) is 0.0465. The molecule has 0 saturated carbocycles. The average Bonchev–Trinajstić information content (AvgIpc) is 3.22. The van der Waals surface area contributed by atoms with Gasteiger partial charge in [-0.25, -0.2) is 0 Å². The van der Waals surface area contributed by atoms with E-state index in [0.717, 1.165) is 0 Å². The minimum atomic E-state index is -2.69. The Balaban J connectivity index is 1.06. The van der Waals surface area contributed by atoms with Crippen LogP contribution in [0.2, 0.25) is 38.3 Å². The minimum Gasteiger partial charge on any atom is -0.446 e. The van der Waals surface area contributed by atoms with Crippen LogP contribution in [0.3, 0.4) is 0 Å². The van der Waals surface area contributed by atoms with Gasteiger partial charge in [-0.1, -0.05) is 221 Å². The van der Waals surface area contributed by atoms with Gasteiger partial charge in [-0.05, 0) is 69.4 Å². The fraction of sp³-hybridized carbons (Fsp3) is 0.250. The molecule has 2 nitrogen and oxygen atoms in total. The number of unbranched alkanes of at least 4 members (excludes halogenated alkanes) is 5. The lowest BCUT2D eigenvalue weighted by Gasteiger charge is -2.40. The summed E-state index contributed by atoms with van der Waals surface area (Å²) in [6, 6.07) is 68.6. The second-order valence-electron chi connectivity index (χ2n) is 15.9. The van der Waals surface area contributed by atoms with E-state index in [2.05, 4.69) is 208 Å². The van der Waals surface area contributed by atoms with Crippen molar-refractivity contribution in [3.63, 3.8) is 0 Å². The molecule has 6 heteroatoms. The largest absolute Gasteiger partial charge is 0.446 e. The smallest absolute Gasteiger partial charge is 0.278 e. The van der Waals surface area contributed by atoms with Crippen molar-refractivity contribution in [2.45, 2.75) is 76.8 Å². The number of benzene rings is 6. The maximum atomic E-state index is 7.67. The first-order valence-corrected chi connectivity index (χ1v) is 30.0. The molecule has 0 fully saturated rings. The molecule has 0 aromatic heterocycles. The Hall–Kier alpha value is -3.89. The molecule has 6 rings (SSSR count). The van der Waals surface area contributed by atoms with Crippen LogP contribution in [0.25, 0.3) is 0 Å². The number of rotatable bonds is 19. The molecular formula is C48H58O2Si4. The Bertz CT molecular complexity index is 1620. The van der Waals surface area contributed by atoms with Crippen LogP contribution in [0.1, 0.15) is 38.5 Å². The van der Waals surface area contributed by atoms with Crippen molar-refractivity contribution in [3.05, 3.63) is 182 Å². The van der Waals surface area contributed by atoms with Crippen LogP contribution < -0.4 is 31.1 Å². The second-order valence-corrected chi connectivity index (χ2v) is 31.8. The van der Waals surface area contributed by atoms with Crippen LogP contribution in [0, 0.1) is 0 Å². The summed E-state index contributed by atoms with van der Waals surface area (Å²) in [4.78, 5) is 0. The molecule has 0 aliphatic heterocycles. The zero-order chi connectivity index (χ0) is 37.7. The molecule has 0 bridgehead atoms. The lowest BCUT2D eigenvalue weighted by Crippen LogP contribution is -2.72. The van der Waals surface area contributed by atoms with E-state index >= 15 is 0 Å². The van der Waals surface area contributed by atoms with Gasteiger partial charge in [0.05, 0.1) is 0 Å². The first-order valence-electron chi connectivity index (χ1n) is 20.0. The summed E-state index contributed by atoms with van der Waals surface area (Å²) in [6.45, 7) is 9.78. The Kier molecular flexibility index (Phi) is 13.7. The Morgan fingerprint density at radius 1 is 0.278 bits per heavy atom. The number of hydrogen-bond donors (Lipinski definition) is 0. The summed E-state index contributed by atoms with van der Waals surface area (Å²) in [5.41, 5.74) is 0. The summed E-state index contributed by atoms with van der Waals surface area (Å²) in [5, 5.41) is 7.97. The van der Waals surface area contributed by atoms with Gasteiger partial charge in [0.25, 0.3) is 16.6 Å². The molecular weight excluding hydrogens is 721 g/mol. The summed E-state index contributed by atoms with van der Waals surface area (Å²) < 4.78 is 15.3. The maximum absolute atomic E-state index is 7.67. The third-order valence-electron chi connectivity index (χ3n) is 10.7. The van der Waals surface area contributed by atoms with Gasteiger partial charge in [0.1, 0.15) is 0 Å². The molecule has 0 radical (unpaired) electrons. The summed E-state index contributed by atoms with van der Waals surface area (Å²) in [5.74, 6) is 0. The highest BCUT2D eigenvalue weighted by molar-refractivity contribution is 7.11. The van der Waals surface area contributed by atoms with Gasteiger partial charge < -0.3 is 8.23 Å². The Labute approximate surface area is 329 Å². The van der Waals surface area contributed by atoms with Crippen LogP contribution in [0.15, 0.2) is 182 Å². The average molecular weight is 779 g/mol. The van der Waals surface area contributed by atoms with Gasteiger partial charge in [0.2, 0.25) is 0 Å². The molecule has 0 saturated heterocycles. The van der Waals surface area contributed by atoms with Crippen LogP contribution >= 0.6 is 0 Å². The van der Waals surface area contributed by atoms with Crippen molar-refractivity contribution in [3.8, 4) is 0 Å². The molecule has 0 aliphatic rings. The Morgan fingerprint density at radius 2 is 0.463 bits per heavy atom. The lowest BCUT2D eigenvalue weighted by atomic mass is 10.1. The van der Waals surface area contributed by atoms with Crippen molar-refractivity contribution in [1.29, 1.82) is 0 Å². The topological polar surface area (TPSA) is 18.5 Å². The third-order valence-corrected chi connectivity index (χ3v) is 27.6. The lowest BCUT2D eigenvalue weighted by molar-refractivity contribution is 0.543. The van der Waals surface area contributed by atoms with Crippen LogP contribution in [-0.4, -0.2) is 33.3 Å². The molecule has 0 heterocycles. The van der Waals surface area contributed by atoms with Gasteiger partial charge in [-0.3, -0.25) is 0 Å². The minimum absolute atomic E-state index is 1.17. The fourth-order valence-corrected chi connectivity index (χ4v) is 26.6. The van der Waals surface area contributed by atoms with Crippen LogP contribution in [0.5, 0.6) is 0 Å². The number of hydrogen-bond acceptors (Lipinski definition) is 2. The van der Waals surface area contributed by atoms with E-state index in [1.54, 1.807) is 0 Å². The molecule has 0 N–H and O–H groups in total. The highest BCUT2D eigenvalue weighted by Crippen LogP contribution is 2.25. The first-order chi connectivity index (χ1) is 26.3. The van der Waals surface area contributed by atoms with Gasteiger partial charge in [-0.2, -0.15) is 0 Å². The van der Waals surface area contributed by atoms with Gasteiger partial charge >= 0.3 is 0 Å². The van der Waals surface area contributed by atoms with Crippen molar-refractivity contribution < 1.29 is 8.23 Å². The molecule has 278 valence electrons. The molecule has 6 aromatic carbocycles. The van der Waals surface area contributed by atoms with Crippen LogP contribution in [0.4, 0.5) is 0 Å². The predicted molar refractivity (Wildman–Crippen MR) is 242 cm³/mol. The van der Waals surface area contributed by atoms with E-state index in [4.69, 9.17) is 8.23 Å². The highest BCUT2D eigenvalue weighted by Gasteiger charge is 2.47. The second kappa shape index (κ2) is 18.6. The summed E-state index contributed by atoms with van der Waals surface area (Å²) in [7, 11) is -9.46. The Morgan fingerprint density at radius 3 is 0.667 bits per heavy atom. The van der Waals surface area contributed by atoms with Crippen LogP contribution in [-0.2, 0) is 8.23 Å². The fourth-order valence-electron chi connectivity index (χ4n) is 8.13. The standard InChI is InChI=1S/C48H58O2Si4/c1-51(2,49-53(43-29-15-9-16-30-43,44-31-17-10-18-32-44)45-33-19-11-20-34-45)41-27-7-5-6-8-28-42-52(3,4)50-54(46-35-21-12-22-36-46,47-37-23-13-24-38-47)48-39-25-14-26-40-48/h9-26,29-40H,5-8,27-28,41-42H2,1-4H3. The summed E-state index contributed by atoms with van der Waals surface area (Å²) >= 11 is 0. The first kappa shape index (κ1) is 39.8. The molecule has 0 unspecified atom stereocenters. The molecule has 6 aromatic rings. The zero-order valence-electron chi connectivity index (χ0n) is 32.8. The third kappa shape index (κ3) is 9.66. The monoisotopic (exact) mass is 778 g/mol. The predicted octanol–water partition coefficient (Wildman–Crippen LogP) is 9.10.